The summed E-state index contributed by atoms with van der Waals surface area (Å²) in [6, 6.07) is 8.54. The molecule has 3 N–H and O–H groups in total. The van der Waals surface area contributed by atoms with Gasteiger partial charge in [-0.25, -0.2) is 4.99 Å². The topological polar surface area (TPSA) is 74.5 Å². The standard InChI is InChI=1S/C19H29N5O/c1-5-20-18(21-11-10-16-8-6-15(2)7-9-16)22-14-19(3,25)17-12-23-24(4)13-17/h6-9,12-13,25H,5,10-11,14H2,1-4H3,(H2,20,21,22). The Labute approximate surface area is 150 Å². The number of aromatic nitrogens is 2. The highest BCUT2D eigenvalue weighted by Crippen LogP contribution is 2.19. The van der Waals surface area contributed by atoms with Gasteiger partial charge in [-0.2, -0.15) is 5.10 Å². The summed E-state index contributed by atoms with van der Waals surface area (Å²) in [4.78, 5) is 4.52. The van der Waals surface area contributed by atoms with Crippen LogP contribution in [-0.2, 0) is 19.1 Å². The van der Waals surface area contributed by atoms with Crippen molar-refractivity contribution < 1.29 is 5.11 Å². The number of hydrogen-bond acceptors (Lipinski definition) is 3. The van der Waals surface area contributed by atoms with Crippen LogP contribution < -0.4 is 10.6 Å². The Hall–Kier alpha value is -2.34. The summed E-state index contributed by atoms with van der Waals surface area (Å²) in [6.45, 7) is 7.68. The highest BCUT2D eigenvalue weighted by Gasteiger charge is 2.24. The van der Waals surface area contributed by atoms with E-state index in [1.54, 1.807) is 17.8 Å². The highest BCUT2D eigenvalue weighted by molar-refractivity contribution is 5.79. The van der Waals surface area contributed by atoms with Crippen molar-refractivity contribution in [3.8, 4) is 0 Å². The normalized spacial score (nSPS) is 14.2. The molecule has 1 unspecified atom stereocenters. The van der Waals surface area contributed by atoms with Gasteiger partial charge in [-0.15, -0.1) is 0 Å². The lowest BCUT2D eigenvalue weighted by Crippen LogP contribution is -2.39. The monoisotopic (exact) mass is 343 g/mol. The quantitative estimate of drug-likeness (QED) is 0.529. The second-order valence-corrected chi connectivity index (χ2v) is 6.53. The van der Waals surface area contributed by atoms with Gasteiger partial charge in [-0.3, -0.25) is 4.68 Å². The maximum atomic E-state index is 10.6. The molecule has 25 heavy (non-hydrogen) atoms. The van der Waals surface area contributed by atoms with Crippen LogP contribution >= 0.6 is 0 Å². The van der Waals surface area contributed by atoms with Gasteiger partial charge in [-0.05, 0) is 32.8 Å². The zero-order valence-electron chi connectivity index (χ0n) is 15.6. The molecule has 0 fully saturated rings. The Balaban J connectivity index is 1.92. The fourth-order valence-electron chi connectivity index (χ4n) is 2.45. The zero-order valence-corrected chi connectivity index (χ0v) is 15.6. The lowest BCUT2D eigenvalue weighted by molar-refractivity contribution is 0.0672. The number of nitrogens with zero attached hydrogens (tertiary/aromatic N) is 3. The Kier molecular flexibility index (Phi) is 6.58. The number of rotatable bonds is 7. The van der Waals surface area contributed by atoms with E-state index in [2.05, 4.69) is 51.9 Å². The molecule has 1 aromatic carbocycles. The molecule has 0 amide bonds. The van der Waals surface area contributed by atoms with Gasteiger partial charge in [0.05, 0.1) is 12.7 Å². The average molecular weight is 343 g/mol. The van der Waals surface area contributed by atoms with Crippen LogP contribution in [0.2, 0.25) is 0 Å². The van der Waals surface area contributed by atoms with Crippen LogP contribution in [0.4, 0.5) is 0 Å². The van der Waals surface area contributed by atoms with E-state index in [1.807, 2.05) is 20.2 Å². The van der Waals surface area contributed by atoms with Crippen LogP contribution in [0.5, 0.6) is 0 Å². The fraction of sp³-hybridized carbons (Fsp3) is 0.474. The number of aryl methyl sites for hydroxylation is 2. The number of benzene rings is 1. The number of hydrogen-bond donors (Lipinski definition) is 3. The van der Waals surface area contributed by atoms with Crippen LogP contribution in [0.3, 0.4) is 0 Å². The van der Waals surface area contributed by atoms with Crippen molar-refractivity contribution in [3.05, 3.63) is 53.3 Å². The summed E-state index contributed by atoms with van der Waals surface area (Å²) in [7, 11) is 1.83. The molecule has 6 nitrogen and oxygen atoms in total. The van der Waals surface area contributed by atoms with E-state index in [-0.39, 0.29) is 6.54 Å². The summed E-state index contributed by atoms with van der Waals surface area (Å²) >= 11 is 0. The van der Waals surface area contributed by atoms with Crippen molar-refractivity contribution in [1.29, 1.82) is 0 Å². The lowest BCUT2D eigenvalue weighted by Gasteiger charge is -2.20. The average Bonchev–Trinajstić information content (AvgIpc) is 3.02. The third-order valence-corrected chi connectivity index (χ3v) is 4.04. The molecule has 1 atom stereocenters. The third kappa shape index (κ3) is 5.90. The Bertz CT molecular complexity index is 688. The van der Waals surface area contributed by atoms with Gasteiger partial charge in [0.1, 0.15) is 5.60 Å². The molecule has 2 rings (SSSR count). The molecule has 6 heteroatoms. The van der Waals surface area contributed by atoms with Crippen molar-refractivity contribution in [1.82, 2.24) is 20.4 Å². The molecule has 0 saturated heterocycles. The number of aliphatic hydroxyl groups is 1. The lowest BCUT2D eigenvalue weighted by atomic mass is 10.0. The van der Waals surface area contributed by atoms with Crippen molar-refractivity contribution in [3.63, 3.8) is 0 Å². The Morgan fingerprint density at radius 1 is 1.28 bits per heavy atom. The second-order valence-electron chi connectivity index (χ2n) is 6.53. The molecule has 0 spiro atoms. The SMILES string of the molecule is CCNC(=NCC(C)(O)c1cnn(C)c1)NCCc1ccc(C)cc1. The molecule has 136 valence electrons. The van der Waals surface area contributed by atoms with E-state index < -0.39 is 5.60 Å². The maximum absolute atomic E-state index is 10.6. The number of nitrogens with one attached hydrogen (secondary N) is 2. The van der Waals surface area contributed by atoms with E-state index in [9.17, 15) is 5.11 Å². The summed E-state index contributed by atoms with van der Waals surface area (Å²) < 4.78 is 1.68. The minimum Gasteiger partial charge on any atom is -0.383 e. The zero-order chi connectivity index (χ0) is 18.3. The van der Waals surface area contributed by atoms with E-state index in [0.29, 0.717) is 5.96 Å². The van der Waals surface area contributed by atoms with Gasteiger partial charge in [0.25, 0.3) is 0 Å². The summed E-state index contributed by atoms with van der Waals surface area (Å²) in [5.41, 5.74) is 2.27. The first-order valence-electron chi connectivity index (χ1n) is 8.70. The van der Waals surface area contributed by atoms with Gasteiger partial charge in [0.15, 0.2) is 5.96 Å². The van der Waals surface area contributed by atoms with E-state index in [1.165, 1.54) is 11.1 Å². The smallest absolute Gasteiger partial charge is 0.191 e. The van der Waals surface area contributed by atoms with E-state index in [4.69, 9.17) is 0 Å². The molecular weight excluding hydrogens is 314 g/mol. The van der Waals surface area contributed by atoms with Crippen molar-refractivity contribution in [2.75, 3.05) is 19.6 Å². The molecule has 0 aliphatic carbocycles. The van der Waals surface area contributed by atoms with Crippen molar-refractivity contribution in [2.24, 2.45) is 12.0 Å². The molecule has 0 saturated carbocycles. The van der Waals surface area contributed by atoms with Gasteiger partial charge in [0, 0.05) is 31.9 Å². The van der Waals surface area contributed by atoms with Crippen molar-refractivity contribution in [2.45, 2.75) is 32.8 Å². The molecule has 0 radical (unpaired) electrons. The number of guanidine groups is 1. The van der Waals surface area contributed by atoms with Gasteiger partial charge in [-0.1, -0.05) is 29.8 Å². The summed E-state index contributed by atoms with van der Waals surface area (Å²) in [6.07, 6.45) is 4.41. The Morgan fingerprint density at radius 3 is 2.60 bits per heavy atom. The van der Waals surface area contributed by atoms with Crippen LogP contribution in [0.1, 0.15) is 30.5 Å². The number of aliphatic imine (C=N–C) groups is 1. The van der Waals surface area contributed by atoms with E-state index in [0.717, 1.165) is 25.1 Å². The fourth-order valence-corrected chi connectivity index (χ4v) is 2.45. The minimum absolute atomic E-state index is 0.262. The molecule has 1 aromatic heterocycles. The summed E-state index contributed by atoms with van der Waals surface area (Å²) in [5.74, 6) is 0.707. The molecular formula is C19H29N5O. The molecule has 1 heterocycles. The van der Waals surface area contributed by atoms with E-state index >= 15 is 0 Å². The minimum atomic E-state index is -1.05. The first kappa shape index (κ1) is 19.0. The first-order chi connectivity index (χ1) is 11.9. The predicted molar refractivity (Wildman–Crippen MR) is 102 cm³/mol. The van der Waals surface area contributed by atoms with Crippen LogP contribution in [0, 0.1) is 6.92 Å². The molecule has 0 aliphatic heterocycles. The predicted octanol–water partition coefficient (Wildman–Crippen LogP) is 1.73. The third-order valence-electron chi connectivity index (χ3n) is 4.04. The Morgan fingerprint density at radius 2 is 2.00 bits per heavy atom. The van der Waals surface area contributed by atoms with Crippen molar-refractivity contribution >= 4 is 5.96 Å². The van der Waals surface area contributed by atoms with Gasteiger partial charge < -0.3 is 15.7 Å². The summed E-state index contributed by atoms with van der Waals surface area (Å²) in [5, 5.41) is 21.3. The first-order valence-corrected chi connectivity index (χ1v) is 8.70. The molecule has 2 aromatic rings. The molecule has 0 bridgehead atoms. The van der Waals surface area contributed by atoms with Gasteiger partial charge in [0.2, 0.25) is 0 Å². The molecule has 0 aliphatic rings. The van der Waals surface area contributed by atoms with Gasteiger partial charge >= 0.3 is 0 Å². The van der Waals surface area contributed by atoms with Crippen LogP contribution in [0.25, 0.3) is 0 Å². The second kappa shape index (κ2) is 8.67. The maximum Gasteiger partial charge on any atom is 0.191 e. The van der Waals surface area contributed by atoms with Crippen LogP contribution in [-0.4, -0.2) is 40.5 Å². The highest BCUT2D eigenvalue weighted by atomic mass is 16.3. The van der Waals surface area contributed by atoms with Crippen LogP contribution in [0.15, 0.2) is 41.7 Å². The largest absolute Gasteiger partial charge is 0.383 e.